The predicted octanol–water partition coefficient (Wildman–Crippen LogP) is 6.58. The number of nitrogen functional groups attached to an aromatic ring is 2. The third kappa shape index (κ3) is 10.4. The van der Waals surface area contributed by atoms with E-state index < -0.39 is 10.2 Å². The van der Waals surface area contributed by atoms with E-state index in [0.717, 1.165) is 44.3 Å². The van der Waals surface area contributed by atoms with Gasteiger partial charge in [-0.2, -0.15) is 0 Å². The molecule has 0 fully saturated rings. The summed E-state index contributed by atoms with van der Waals surface area (Å²) in [5, 5.41) is 34.3. The van der Waals surface area contributed by atoms with Crippen molar-refractivity contribution < 1.29 is 27.2 Å². The van der Waals surface area contributed by atoms with E-state index in [-0.39, 0.29) is 17.1 Å². The van der Waals surface area contributed by atoms with E-state index >= 15 is 0 Å². The molecule has 0 atom stereocenters. The molecule has 6 rings (SSSR count). The molecule has 0 amide bonds. The maximum atomic E-state index is 8.25. The van der Waals surface area contributed by atoms with Gasteiger partial charge in [-0.1, -0.05) is 59.6 Å². The van der Waals surface area contributed by atoms with Gasteiger partial charge in [0.1, 0.15) is 11.6 Å². The van der Waals surface area contributed by atoms with Gasteiger partial charge >= 0.3 is 17.1 Å². The van der Waals surface area contributed by atoms with Crippen molar-refractivity contribution >= 4 is 56.4 Å². The number of benzene rings is 2. The van der Waals surface area contributed by atoms with Crippen LogP contribution in [0.5, 0.6) is 0 Å². The van der Waals surface area contributed by atoms with Crippen LogP contribution in [0.1, 0.15) is 0 Å². The number of rotatable bonds is 2. The molecule has 17 heteroatoms. The Hall–Kier alpha value is -5.34. The Morgan fingerprint density at radius 3 is 1.20 bits per heavy atom. The molecule has 4 aromatic heterocycles. The molecule has 14 nitrogen and oxygen atoms in total. The Morgan fingerprint density at radius 1 is 0.533 bits per heavy atom. The van der Waals surface area contributed by atoms with Gasteiger partial charge < -0.3 is 42.1 Å². The second-order valence-corrected chi connectivity index (χ2v) is 9.15. The van der Waals surface area contributed by atoms with Crippen LogP contribution < -0.4 is 11.5 Å². The van der Waals surface area contributed by atoms with Crippen molar-refractivity contribution in [3.8, 4) is 22.8 Å². The third-order valence-corrected chi connectivity index (χ3v) is 6.22. The van der Waals surface area contributed by atoms with Crippen molar-refractivity contribution in [3.63, 3.8) is 0 Å². The van der Waals surface area contributed by atoms with Crippen LogP contribution in [-0.4, -0.2) is 30.1 Å². The number of anilines is 2. The molecule has 234 valence electrons. The molecule has 0 spiro atoms. The van der Waals surface area contributed by atoms with E-state index in [2.05, 4.69) is 19.9 Å². The Kier molecular flexibility index (Phi) is 13.6. The van der Waals surface area contributed by atoms with Gasteiger partial charge in [-0.15, -0.1) is 0 Å². The minimum Gasteiger partial charge on any atom is -0.383 e. The summed E-state index contributed by atoms with van der Waals surface area (Å²) in [5.74, 6) is 0.936. The van der Waals surface area contributed by atoms with Crippen LogP contribution in [0, 0.1) is 30.6 Å². The number of halogens is 2. The monoisotopic (exact) mass is 697 g/mol. The van der Waals surface area contributed by atoms with Crippen LogP contribution in [0.4, 0.5) is 11.6 Å². The smallest absolute Gasteiger partial charge is 0.383 e. The summed E-state index contributed by atoms with van der Waals surface area (Å²) in [5.41, 5.74) is 15.0. The number of pyridine rings is 4. The van der Waals surface area contributed by atoms with Gasteiger partial charge in [0.15, 0.2) is 0 Å². The normalized spacial score (nSPS) is 9.64. The first-order chi connectivity index (χ1) is 21.0. The number of fused-ring (bicyclic) bond motifs is 2. The fraction of sp³-hybridized carbons (Fsp3) is 0. The molecule has 0 aliphatic rings. The quantitative estimate of drug-likeness (QED) is 0.111. The molecular formula is C28H20Cl2CuN8O6-. The standard InChI is InChI=1S/2C14H10ClN3.Cu.2NO3/c2*15-11-5-3-4-9-10(11)8-13(18-14(9)16)12-6-1-2-7-17-12;;2*2-1(3)4/h2*1-8H,(H2,16,18);;;/q;;+1;2*-1. The predicted molar refractivity (Wildman–Crippen MR) is 170 cm³/mol. The minimum absolute atomic E-state index is 0. The third-order valence-electron chi connectivity index (χ3n) is 5.56. The first-order valence-electron chi connectivity index (χ1n) is 12.1. The van der Waals surface area contributed by atoms with Gasteiger partial charge in [0, 0.05) is 44.0 Å². The molecular weight excluding hydrogens is 679 g/mol. The second-order valence-electron chi connectivity index (χ2n) is 8.33. The maximum absolute atomic E-state index is 8.25. The zero-order chi connectivity index (χ0) is 32.2. The summed E-state index contributed by atoms with van der Waals surface area (Å²) in [6.45, 7) is 0. The number of hydrogen-bond acceptors (Lipinski definition) is 12. The van der Waals surface area contributed by atoms with Crippen LogP contribution in [0.2, 0.25) is 10.0 Å². The number of nitrogens with two attached hydrogens (primary N) is 2. The van der Waals surface area contributed by atoms with Gasteiger partial charge in [0.05, 0.1) is 32.9 Å². The second kappa shape index (κ2) is 17.1. The van der Waals surface area contributed by atoms with Crippen molar-refractivity contribution in [2.45, 2.75) is 0 Å². The van der Waals surface area contributed by atoms with Gasteiger partial charge in [-0.3, -0.25) is 9.97 Å². The van der Waals surface area contributed by atoms with Crippen LogP contribution in [-0.2, 0) is 17.1 Å². The summed E-state index contributed by atoms with van der Waals surface area (Å²) in [6, 6.07) is 26.4. The van der Waals surface area contributed by atoms with Crippen LogP contribution in [0.25, 0.3) is 44.3 Å². The number of aromatic nitrogens is 4. The Morgan fingerprint density at radius 2 is 0.889 bits per heavy atom. The van der Waals surface area contributed by atoms with Crippen LogP contribution in [0.15, 0.2) is 97.3 Å². The summed E-state index contributed by atoms with van der Waals surface area (Å²) in [4.78, 5) is 33.8. The molecule has 45 heavy (non-hydrogen) atoms. The zero-order valence-electron chi connectivity index (χ0n) is 22.6. The average Bonchev–Trinajstić information content (AvgIpc) is 2.99. The maximum Gasteiger partial charge on any atom is 1.00 e. The van der Waals surface area contributed by atoms with Crippen molar-refractivity contribution in [1.29, 1.82) is 0 Å². The molecule has 6 aromatic rings. The summed E-state index contributed by atoms with van der Waals surface area (Å²) in [7, 11) is 0. The molecule has 4 N–H and O–H groups in total. The fourth-order valence-electron chi connectivity index (χ4n) is 3.82. The molecule has 2 aromatic carbocycles. The first-order valence-corrected chi connectivity index (χ1v) is 12.9. The minimum atomic E-state index is -1.75. The average molecular weight is 699 g/mol. The largest absolute Gasteiger partial charge is 1.00 e. The zero-order valence-corrected chi connectivity index (χ0v) is 25.0. The molecule has 0 aliphatic carbocycles. The van der Waals surface area contributed by atoms with Gasteiger partial charge in [-0.25, -0.2) is 9.97 Å². The van der Waals surface area contributed by atoms with Crippen molar-refractivity contribution in [1.82, 2.24) is 19.9 Å². The molecule has 0 unspecified atom stereocenters. The van der Waals surface area contributed by atoms with Crippen molar-refractivity contribution in [2.24, 2.45) is 0 Å². The van der Waals surface area contributed by atoms with E-state index in [9.17, 15) is 0 Å². The molecule has 0 saturated heterocycles. The van der Waals surface area contributed by atoms with Gasteiger partial charge in [0.2, 0.25) is 0 Å². The Bertz CT molecular complexity index is 1760. The van der Waals surface area contributed by atoms with E-state index in [4.69, 9.17) is 65.3 Å². The van der Waals surface area contributed by atoms with E-state index in [1.54, 1.807) is 12.4 Å². The Balaban J connectivity index is 0.000000250. The first kappa shape index (κ1) is 35.9. The Labute approximate surface area is 275 Å². The van der Waals surface area contributed by atoms with E-state index in [0.29, 0.717) is 21.7 Å². The van der Waals surface area contributed by atoms with Crippen molar-refractivity contribution in [2.75, 3.05) is 11.5 Å². The van der Waals surface area contributed by atoms with Gasteiger partial charge in [-0.05, 0) is 48.5 Å². The molecule has 0 bridgehead atoms. The topological polar surface area (TPSA) is 236 Å². The molecule has 0 saturated carbocycles. The molecule has 0 radical (unpaired) electrons. The van der Waals surface area contributed by atoms with E-state index in [1.165, 1.54) is 0 Å². The summed E-state index contributed by atoms with van der Waals surface area (Å²) >= 11 is 12.4. The molecule has 0 aliphatic heterocycles. The van der Waals surface area contributed by atoms with Gasteiger partial charge in [0.25, 0.3) is 0 Å². The van der Waals surface area contributed by atoms with E-state index in [1.807, 2.05) is 84.9 Å². The van der Waals surface area contributed by atoms with Crippen LogP contribution >= 0.6 is 23.2 Å². The fourth-order valence-corrected chi connectivity index (χ4v) is 4.28. The van der Waals surface area contributed by atoms with Crippen molar-refractivity contribution in [3.05, 3.63) is 138 Å². The number of hydrogen-bond donors (Lipinski definition) is 2. The summed E-state index contributed by atoms with van der Waals surface area (Å²) < 4.78 is 0. The summed E-state index contributed by atoms with van der Waals surface area (Å²) in [6.07, 6.45) is 3.45. The molecule has 4 heterocycles. The van der Waals surface area contributed by atoms with Crippen LogP contribution in [0.3, 0.4) is 0 Å². The SMILES string of the molecule is Nc1nc(-c2ccccn2)cc2c(Cl)cccc12.Nc1nc(-c2ccccn2)cc2c(Cl)cccc12.O=[N+]([O-])[O-].O=[N+]([O-])[O-].[Cu+]. The number of nitrogens with zero attached hydrogens (tertiary/aromatic N) is 6.